The van der Waals surface area contributed by atoms with Gasteiger partial charge in [-0.3, -0.25) is 4.79 Å². The number of carbonyl (C=O) groups is 1. The second kappa shape index (κ2) is 9.09. The Balaban J connectivity index is 1.45. The summed E-state index contributed by atoms with van der Waals surface area (Å²) in [5, 5.41) is 6.21. The third-order valence-electron chi connectivity index (χ3n) is 5.63. The van der Waals surface area contributed by atoms with Crippen molar-refractivity contribution in [1.82, 2.24) is 20.1 Å². The van der Waals surface area contributed by atoms with Gasteiger partial charge in [-0.25, -0.2) is 18.1 Å². The van der Waals surface area contributed by atoms with Gasteiger partial charge in [0.15, 0.2) is 9.84 Å². The number of rotatable bonds is 7. The van der Waals surface area contributed by atoms with Crippen LogP contribution < -0.4 is 10.1 Å². The summed E-state index contributed by atoms with van der Waals surface area (Å²) >= 11 is 0. The number of ether oxygens (including phenoxy) is 1. The molecule has 0 spiro atoms. The highest BCUT2D eigenvalue weighted by Gasteiger charge is 2.42. The van der Waals surface area contributed by atoms with Gasteiger partial charge < -0.3 is 10.1 Å². The van der Waals surface area contributed by atoms with Crippen LogP contribution in [0.25, 0.3) is 5.69 Å². The highest BCUT2D eigenvalue weighted by atomic mass is 32.2. The number of hydrogen-bond donors (Lipinski definition) is 1. The Morgan fingerprint density at radius 1 is 1.18 bits per heavy atom. The minimum atomic E-state index is -4.56. The van der Waals surface area contributed by atoms with Crippen LogP contribution in [0.5, 0.6) is 5.88 Å². The van der Waals surface area contributed by atoms with E-state index in [1.807, 2.05) is 0 Å². The number of hydrogen-bond acceptors (Lipinski definition) is 6. The van der Waals surface area contributed by atoms with Gasteiger partial charge in [0.2, 0.25) is 11.8 Å². The minimum Gasteiger partial charge on any atom is -0.480 e. The average molecular weight is 494 g/mol. The van der Waals surface area contributed by atoms with Crippen LogP contribution in [-0.4, -0.2) is 47.5 Å². The zero-order valence-electron chi connectivity index (χ0n) is 18.0. The first-order chi connectivity index (χ1) is 16.1. The molecule has 0 radical (unpaired) electrons. The second-order valence-electron chi connectivity index (χ2n) is 7.83. The van der Waals surface area contributed by atoms with Gasteiger partial charge in [-0.15, -0.1) is 5.10 Å². The normalized spacial score (nSPS) is 18.2. The Bertz CT molecular complexity index is 1280. The first-order valence-electron chi connectivity index (χ1n) is 10.3. The molecule has 0 aliphatic heterocycles. The van der Waals surface area contributed by atoms with Gasteiger partial charge in [-0.05, 0) is 37.1 Å². The van der Waals surface area contributed by atoms with E-state index in [9.17, 15) is 26.4 Å². The van der Waals surface area contributed by atoms with Gasteiger partial charge in [-0.1, -0.05) is 18.2 Å². The highest BCUT2D eigenvalue weighted by molar-refractivity contribution is 7.92. The summed E-state index contributed by atoms with van der Waals surface area (Å²) in [5.41, 5.74) is -0.386. The van der Waals surface area contributed by atoms with Crippen molar-refractivity contribution >= 4 is 15.7 Å². The number of nitrogens with zero attached hydrogens (tertiary/aromatic N) is 3. The Labute approximate surface area is 193 Å². The predicted octanol–water partition coefficient (Wildman–Crippen LogP) is 2.96. The Hall–Kier alpha value is -3.41. The van der Waals surface area contributed by atoms with Crippen LogP contribution in [0.1, 0.15) is 24.1 Å². The molecule has 2 heterocycles. The summed E-state index contributed by atoms with van der Waals surface area (Å²) in [6.45, 7) is 0. The lowest BCUT2D eigenvalue weighted by atomic mass is 9.92. The number of halogens is 3. The fraction of sp³-hybridized carbons (Fsp3) is 0.318. The molecule has 0 saturated heterocycles. The van der Waals surface area contributed by atoms with Crippen molar-refractivity contribution in [2.75, 3.05) is 7.11 Å². The van der Waals surface area contributed by atoms with Crippen molar-refractivity contribution in [2.24, 2.45) is 0 Å². The number of benzene rings is 1. The first-order valence-corrected chi connectivity index (χ1v) is 11.9. The van der Waals surface area contributed by atoms with Crippen molar-refractivity contribution in [3.8, 4) is 11.6 Å². The fourth-order valence-electron chi connectivity index (χ4n) is 3.73. The first kappa shape index (κ1) is 23.7. The molecule has 1 aliphatic carbocycles. The van der Waals surface area contributed by atoms with Crippen molar-refractivity contribution in [1.29, 1.82) is 0 Å². The summed E-state index contributed by atoms with van der Waals surface area (Å²) < 4.78 is 70.4. The number of aromatic nitrogens is 3. The van der Waals surface area contributed by atoms with Crippen molar-refractivity contribution in [3.63, 3.8) is 0 Å². The molecule has 1 fully saturated rings. The SMILES string of the molecule is COc1nn(-c2ccc(C(F)(F)F)nc2)cc1CC(=O)N[C@@H]1CC[C@@H]1S(=O)(=O)c1ccccc1. The van der Waals surface area contributed by atoms with E-state index in [0.29, 0.717) is 18.4 Å². The molecule has 8 nitrogen and oxygen atoms in total. The molecule has 180 valence electrons. The number of methoxy groups -OCH3 is 1. The van der Waals surface area contributed by atoms with Gasteiger partial charge in [0.1, 0.15) is 5.69 Å². The average Bonchev–Trinajstić information content (AvgIpc) is 3.19. The van der Waals surface area contributed by atoms with Crippen LogP contribution >= 0.6 is 0 Å². The molecule has 3 aromatic rings. The van der Waals surface area contributed by atoms with E-state index in [1.54, 1.807) is 18.2 Å². The van der Waals surface area contributed by atoms with Crippen molar-refractivity contribution < 1.29 is 31.1 Å². The molecule has 0 unspecified atom stereocenters. The van der Waals surface area contributed by atoms with Crippen LogP contribution in [-0.2, 0) is 27.2 Å². The largest absolute Gasteiger partial charge is 0.480 e. The monoisotopic (exact) mass is 494 g/mol. The van der Waals surface area contributed by atoms with Crippen LogP contribution in [0.2, 0.25) is 0 Å². The number of nitrogens with one attached hydrogen (secondary N) is 1. The number of amides is 1. The van der Waals surface area contributed by atoms with E-state index < -0.39 is 38.9 Å². The van der Waals surface area contributed by atoms with Crippen LogP contribution in [0, 0.1) is 0 Å². The molecule has 1 saturated carbocycles. The Kier molecular flexibility index (Phi) is 6.34. The summed E-state index contributed by atoms with van der Waals surface area (Å²) in [7, 11) is -2.22. The number of carbonyl (C=O) groups excluding carboxylic acids is 1. The lowest BCUT2D eigenvalue weighted by Gasteiger charge is -2.36. The van der Waals surface area contributed by atoms with E-state index in [4.69, 9.17) is 4.74 Å². The third kappa shape index (κ3) is 4.76. The summed E-state index contributed by atoms with van der Waals surface area (Å²) in [6, 6.07) is 9.61. The molecule has 0 bridgehead atoms. The molecular formula is C22H21F3N4O4S. The van der Waals surface area contributed by atoms with Crippen molar-refractivity contribution in [3.05, 3.63) is 66.1 Å². The Morgan fingerprint density at radius 2 is 1.91 bits per heavy atom. The highest BCUT2D eigenvalue weighted by Crippen LogP contribution is 2.32. The smallest absolute Gasteiger partial charge is 0.433 e. The maximum Gasteiger partial charge on any atom is 0.433 e. The van der Waals surface area contributed by atoms with Crippen LogP contribution in [0.4, 0.5) is 13.2 Å². The molecule has 2 aromatic heterocycles. The molecule has 34 heavy (non-hydrogen) atoms. The standard InChI is InChI=1S/C22H21F3N4O4S/c1-33-21-14(13-29(28-21)15-7-10-19(26-12-15)22(23,24)25)11-20(30)27-17-8-9-18(17)34(31,32)16-5-3-2-4-6-16/h2-7,10,12-13,17-18H,8-9,11H2,1H3,(H,27,30)/t17-,18+/m1/s1. The predicted molar refractivity (Wildman–Crippen MR) is 115 cm³/mol. The quantitative estimate of drug-likeness (QED) is 0.542. The van der Waals surface area contributed by atoms with Gasteiger partial charge in [0.05, 0.1) is 35.6 Å². The van der Waals surface area contributed by atoms with E-state index in [-0.39, 0.29) is 22.9 Å². The summed E-state index contributed by atoms with van der Waals surface area (Å²) in [4.78, 5) is 16.3. The second-order valence-corrected chi connectivity index (χ2v) is 10.00. The van der Waals surface area contributed by atoms with Crippen molar-refractivity contribution in [2.45, 2.75) is 41.6 Å². The van der Waals surface area contributed by atoms with Crippen LogP contribution in [0.3, 0.4) is 0 Å². The molecule has 12 heteroatoms. The van der Waals surface area contributed by atoms with E-state index in [0.717, 1.165) is 12.3 Å². The number of sulfone groups is 1. The van der Waals surface area contributed by atoms with E-state index in [1.165, 1.54) is 36.2 Å². The topological polar surface area (TPSA) is 103 Å². The minimum absolute atomic E-state index is 0.122. The zero-order valence-corrected chi connectivity index (χ0v) is 18.8. The summed E-state index contributed by atoms with van der Waals surface area (Å²) in [6.07, 6.45) is -1.24. The maximum absolute atomic E-state index is 12.9. The van der Waals surface area contributed by atoms with E-state index in [2.05, 4.69) is 15.4 Å². The zero-order chi connectivity index (χ0) is 24.5. The third-order valence-corrected chi connectivity index (χ3v) is 7.92. The molecule has 1 amide bonds. The summed E-state index contributed by atoms with van der Waals surface area (Å²) in [5.74, 6) is -0.293. The van der Waals surface area contributed by atoms with E-state index >= 15 is 0 Å². The molecule has 4 rings (SSSR count). The Morgan fingerprint density at radius 3 is 2.47 bits per heavy atom. The number of alkyl halides is 3. The lowest BCUT2D eigenvalue weighted by Crippen LogP contribution is -2.54. The van der Waals surface area contributed by atoms with Gasteiger partial charge >= 0.3 is 6.18 Å². The molecule has 1 aliphatic rings. The molecule has 1 aromatic carbocycles. The van der Waals surface area contributed by atoms with Gasteiger partial charge in [0.25, 0.3) is 0 Å². The maximum atomic E-state index is 12.9. The molecule has 2 atom stereocenters. The molecule has 1 N–H and O–H groups in total. The van der Waals surface area contributed by atoms with Gasteiger partial charge in [-0.2, -0.15) is 13.2 Å². The molecular weight excluding hydrogens is 473 g/mol. The fourth-order valence-corrected chi connectivity index (χ4v) is 5.70. The number of pyridine rings is 1. The van der Waals surface area contributed by atoms with Gasteiger partial charge in [0, 0.05) is 17.8 Å². The lowest BCUT2D eigenvalue weighted by molar-refractivity contribution is -0.141. The van der Waals surface area contributed by atoms with Crippen LogP contribution in [0.15, 0.2) is 59.8 Å².